The molecule has 3 atom stereocenters. The first kappa shape index (κ1) is 60.9. The quantitative estimate of drug-likeness (QED) is 0.0298. The van der Waals surface area contributed by atoms with E-state index in [1.165, 1.54) is 0 Å². The van der Waals surface area contributed by atoms with E-state index in [4.69, 9.17) is 27.5 Å². The summed E-state index contributed by atoms with van der Waals surface area (Å²) in [5.41, 5.74) is 15.1. The zero-order valence-corrected chi connectivity index (χ0v) is 38.2. The molecule has 1 heterocycles. The number of aromatic amines is 1. The molecule has 0 aliphatic carbocycles. The molecule has 8 N–H and O–H groups in total. The number of guanidine groups is 1. The molecule has 1 aromatic heterocycles. The van der Waals surface area contributed by atoms with Crippen molar-refractivity contribution in [3.8, 4) is 0 Å². The molecule has 17 heteroatoms. The molecule has 0 bridgehead atoms. The van der Waals surface area contributed by atoms with E-state index in [9.17, 15) is 33.9 Å². The number of hydrogen-bond donors (Lipinski definition) is 5. The topological polar surface area (TPSA) is 275 Å². The number of esters is 2. The number of carbonyl (C=O) groups is 5. The summed E-state index contributed by atoms with van der Waals surface area (Å²) in [7, 11) is 0. The Bertz CT molecular complexity index is 1220. The third kappa shape index (κ3) is 40.8. The van der Waals surface area contributed by atoms with E-state index in [0.29, 0.717) is 12.5 Å². The van der Waals surface area contributed by atoms with Crippen LogP contribution in [0.2, 0.25) is 0 Å². The summed E-state index contributed by atoms with van der Waals surface area (Å²) in [4.78, 5) is 71.2. The maximum atomic E-state index is 11.7. The molecule has 308 valence electrons. The average Bonchev–Trinajstić information content (AvgIpc) is 3.06. The second kappa shape index (κ2) is 41.8. The molecular weight excluding hydrogens is 747 g/mol. The molecule has 0 fully saturated rings. The van der Waals surface area contributed by atoms with Gasteiger partial charge in [0.05, 0.1) is 31.3 Å². The minimum atomic E-state index is -1.41. The number of H-pyrrole nitrogens is 1. The summed E-state index contributed by atoms with van der Waals surface area (Å²) in [6.07, 6.45) is 11.6. The number of nitrogen functional groups attached to an aromatic ring is 1. The largest absolute Gasteiger partial charge is 1.00 e. The number of nitrogens with one attached hydrogen (secondary N) is 2. The Hall–Kier alpha value is -2.37. The van der Waals surface area contributed by atoms with Crippen LogP contribution in [0.5, 0.6) is 0 Å². The molecule has 0 amide bonds. The van der Waals surface area contributed by atoms with Crippen LogP contribution in [-0.4, -0.2) is 58.1 Å². The Labute approximate surface area is 370 Å². The van der Waals surface area contributed by atoms with Gasteiger partial charge in [0.2, 0.25) is 11.2 Å². The van der Waals surface area contributed by atoms with Crippen LogP contribution in [0.25, 0.3) is 0 Å². The predicted molar refractivity (Wildman–Crippen MR) is 208 cm³/mol. The molecule has 15 nitrogen and oxygen atoms in total. The van der Waals surface area contributed by atoms with Crippen LogP contribution >= 0.6 is 11.6 Å². The van der Waals surface area contributed by atoms with Gasteiger partial charge in [-0.3, -0.25) is 34.4 Å². The van der Waals surface area contributed by atoms with E-state index in [1.54, 1.807) is 19.9 Å². The van der Waals surface area contributed by atoms with Gasteiger partial charge in [0, 0.05) is 23.8 Å². The fourth-order valence-corrected chi connectivity index (χ4v) is 4.78. The van der Waals surface area contributed by atoms with Crippen molar-refractivity contribution in [1.82, 2.24) is 9.97 Å². The standard InChI is InChI=1S/C12H22O3.C11H19N3O.C8H15ClO.C5H8O4.CH5N3.K/c1-4-7-8-10(5-2)11(13)9-12(14)15-6-3;1-3-5-6-8(4-2)9-7-10(15)14-11(12)13-9;1-3-5-6-7(4-2)8(9)10;1-2-9-5(8)3-4(6)7;2-1(3)4;/h10H,4-9H2,1-3H3;7-8H,3-6H2,1-2H3,(H3,12,13,14,15);7H,3-6H2,1-2H3;2-3H2,1H3,(H,6,7);(H5,2,3,4);/q;;;;;+1/p-1. The number of nitrogens with two attached hydrogens (primary N) is 3. The minimum absolute atomic E-state index is 0. The number of ether oxygens (including phenoxy) is 2. The van der Waals surface area contributed by atoms with E-state index < -0.39 is 24.3 Å². The number of carboxylic acids is 1. The number of ketones is 1. The van der Waals surface area contributed by atoms with Gasteiger partial charge >= 0.3 is 63.3 Å². The fourth-order valence-electron chi connectivity index (χ4n) is 4.52. The van der Waals surface area contributed by atoms with Crippen molar-refractivity contribution in [3.63, 3.8) is 0 Å². The number of anilines is 1. The average molecular weight is 816 g/mol. The van der Waals surface area contributed by atoms with Gasteiger partial charge in [-0.15, -0.1) is 0 Å². The monoisotopic (exact) mass is 814 g/mol. The van der Waals surface area contributed by atoms with Crippen molar-refractivity contribution in [1.29, 1.82) is 5.41 Å². The Morgan fingerprint density at radius 3 is 1.57 bits per heavy atom. The summed E-state index contributed by atoms with van der Waals surface area (Å²) < 4.78 is 9.04. The number of carboxylic acid groups (broad SMARTS) is 1. The number of Topliss-reactive ketones (excluding diaryl/α,β-unsaturated/α-hetero) is 1. The third-order valence-corrected chi connectivity index (χ3v) is 7.70. The maximum Gasteiger partial charge on any atom is 1.00 e. The van der Waals surface area contributed by atoms with Gasteiger partial charge in [-0.2, -0.15) is 0 Å². The first-order chi connectivity index (χ1) is 24.9. The molecule has 0 spiro atoms. The minimum Gasteiger partial charge on any atom is -0.550 e. The molecule has 1 aromatic rings. The second-order valence-corrected chi connectivity index (χ2v) is 12.2. The number of unbranched alkanes of at least 4 members (excludes halogenated alkanes) is 3. The van der Waals surface area contributed by atoms with Crippen LogP contribution in [-0.2, 0) is 33.4 Å². The Morgan fingerprint density at radius 1 is 0.796 bits per heavy atom. The summed E-state index contributed by atoms with van der Waals surface area (Å²) in [6, 6.07) is 1.56. The van der Waals surface area contributed by atoms with Crippen LogP contribution in [0.15, 0.2) is 10.9 Å². The number of aromatic nitrogens is 2. The van der Waals surface area contributed by atoms with E-state index in [2.05, 4.69) is 53.9 Å². The number of nitrogens with zero attached hydrogens (tertiary/aromatic N) is 1. The summed E-state index contributed by atoms with van der Waals surface area (Å²) in [5.74, 6) is -2.15. The first-order valence-corrected chi connectivity index (χ1v) is 19.0. The molecule has 0 aliphatic rings. The van der Waals surface area contributed by atoms with Crippen molar-refractivity contribution in [2.24, 2.45) is 23.3 Å². The summed E-state index contributed by atoms with van der Waals surface area (Å²) >= 11 is 5.34. The van der Waals surface area contributed by atoms with Crippen LogP contribution in [0, 0.1) is 17.2 Å². The molecule has 1 rings (SSSR count). The fraction of sp³-hybridized carbons (Fsp3) is 0.730. The van der Waals surface area contributed by atoms with Crippen LogP contribution in [0.1, 0.15) is 157 Å². The van der Waals surface area contributed by atoms with Gasteiger partial charge in [-0.05, 0) is 64.0 Å². The van der Waals surface area contributed by atoms with E-state index >= 15 is 0 Å². The van der Waals surface area contributed by atoms with Crippen molar-refractivity contribution in [2.45, 2.75) is 151 Å². The van der Waals surface area contributed by atoms with Gasteiger partial charge in [0.1, 0.15) is 12.2 Å². The Morgan fingerprint density at radius 2 is 1.22 bits per heavy atom. The molecule has 0 radical (unpaired) electrons. The number of aliphatic carboxylic acids is 1. The molecule has 54 heavy (non-hydrogen) atoms. The number of rotatable bonds is 21. The number of hydrogen-bond acceptors (Lipinski definition) is 12. The van der Waals surface area contributed by atoms with Gasteiger partial charge < -0.3 is 36.6 Å². The van der Waals surface area contributed by atoms with E-state index in [0.717, 1.165) is 82.7 Å². The van der Waals surface area contributed by atoms with Gasteiger partial charge in [0.25, 0.3) is 5.56 Å². The normalized spacial score (nSPS) is 11.2. The summed E-state index contributed by atoms with van der Waals surface area (Å²) in [6.45, 7) is 16.4. The molecule has 0 aromatic carbocycles. The van der Waals surface area contributed by atoms with E-state index in [1.807, 2.05) is 13.8 Å². The zero-order chi connectivity index (χ0) is 41.8. The molecule has 0 saturated carbocycles. The predicted octanol–water partition coefficient (Wildman–Crippen LogP) is 2.26. The van der Waals surface area contributed by atoms with Crippen LogP contribution in [0.4, 0.5) is 5.95 Å². The van der Waals surface area contributed by atoms with Crippen LogP contribution < -0.4 is 79.3 Å². The van der Waals surface area contributed by atoms with Crippen LogP contribution in [0.3, 0.4) is 0 Å². The zero-order valence-electron chi connectivity index (χ0n) is 34.4. The van der Waals surface area contributed by atoms with Gasteiger partial charge in [0.15, 0.2) is 5.96 Å². The van der Waals surface area contributed by atoms with Crippen molar-refractivity contribution < 1.29 is 89.9 Å². The van der Waals surface area contributed by atoms with Gasteiger partial charge in [-0.25, -0.2) is 4.98 Å². The Balaban J connectivity index is -0.000000194. The van der Waals surface area contributed by atoms with Crippen molar-refractivity contribution in [2.75, 3.05) is 18.9 Å². The maximum absolute atomic E-state index is 11.7. The Kier molecular flexibility index (Phi) is 47.1. The summed E-state index contributed by atoms with van der Waals surface area (Å²) in [5, 5.41) is 15.6. The van der Waals surface area contributed by atoms with Crippen molar-refractivity contribution >= 4 is 52.4 Å². The second-order valence-electron chi connectivity index (χ2n) is 11.9. The van der Waals surface area contributed by atoms with E-state index in [-0.39, 0.29) is 105 Å². The molecule has 0 aliphatic heterocycles. The molecular formula is C37H68ClKN6O9. The molecule has 3 unspecified atom stereocenters. The molecule has 0 saturated heterocycles. The SMILES string of the molecule is CCCCC(CC)C(=O)CC(=O)OCC.CCCCC(CC)C(=O)Cl.CCCCC(CC)c1cc(=O)[nH]c(N)n1.CCOC(=O)CC(=O)[O-].N=C(N)N.[K+]. The van der Waals surface area contributed by atoms with Gasteiger partial charge in [-0.1, -0.05) is 80.1 Å². The number of carbonyl (C=O) groups excluding carboxylic acids is 5. The number of halogens is 1. The smallest absolute Gasteiger partial charge is 0.550 e. The van der Waals surface area contributed by atoms with Crippen molar-refractivity contribution in [3.05, 3.63) is 22.1 Å². The third-order valence-electron chi connectivity index (χ3n) is 7.39. The first-order valence-electron chi connectivity index (χ1n) is 18.6.